The van der Waals surface area contributed by atoms with Crippen molar-refractivity contribution in [2.75, 3.05) is 19.0 Å². The van der Waals surface area contributed by atoms with E-state index in [2.05, 4.69) is 15.6 Å². The lowest BCUT2D eigenvalue weighted by Crippen LogP contribution is -2.47. The van der Waals surface area contributed by atoms with Crippen molar-refractivity contribution in [2.45, 2.75) is 26.8 Å². The Balaban J connectivity index is 1.69. The van der Waals surface area contributed by atoms with Crippen molar-refractivity contribution in [3.63, 3.8) is 0 Å². The molecule has 1 atom stereocenters. The van der Waals surface area contributed by atoms with Gasteiger partial charge in [0, 0.05) is 16.5 Å². The highest BCUT2D eigenvalue weighted by Crippen LogP contribution is 2.32. The van der Waals surface area contributed by atoms with Gasteiger partial charge in [0.25, 0.3) is 5.91 Å². The Morgan fingerprint density at radius 1 is 1.09 bits per heavy atom. The number of aromatic nitrogens is 1. The maximum atomic E-state index is 12.9. The minimum absolute atomic E-state index is 0.115. The number of nitrogens with zero attached hydrogens (tertiary/aromatic N) is 1. The Morgan fingerprint density at radius 2 is 1.81 bits per heavy atom. The summed E-state index contributed by atoms with van der Waals surface area (Å²) < 4.78 is 10.8. The van der Waals surface area contributed by atoms with Crippen molar-refractivity contribution in [1.82, 2.24) is 10.3 Å². The smallest absolute Gasteiger partial charge is 0.251 e. The quantitative estimate of drug-likeness (QED) is 0.494. The van der Waals surface area contributed by atoms with Crippen LogP contribution >= 0.6 is 11.3 Å². The standard InChI is InChI=1S/C24H27N3O4S/c1-5-31-17-12-10-16(11-13-17)22(28)26-21(15(2)3)23(29)27-24-25-19(14-32-24)18-8-6-7-9-20(18)30-4/h6-15,21H,5H2,1-4H3,(H,26,28)(H,25,27,29). The molecule has 0 aliphatic rings. The molecule has 8 heteroatoms. The van der Waals surface area contributed by atoms with E-state index in [1.807, 2.05) is 50.4 Å². The summed E-state index contributed by atoms with van der Waals surface area (Å²) in [7, 11) is 1.61. The highest BCUT2D eigenvalue weighted by Gasteiger charge is 2.25. The summed E-state index contributed by atoms with van der Waals surface area (Å²) in [6.07, 6.45) is 0. The predicted octanol–water partition coefficient (Wildman–Crippen LogP) is 4.61. The van der Waals surface area contributed by atoms with Gasteiger partial charge in [0.05, 0.1) is 19.4 Å². The fraction of sp³-hybridized carbons (Fsp3) is 0.292. The van der Waals surface area contributed by atoms with Gasteiger partial charge in [0.2, 0.25) is 5.91 Å². The number of hydrogen-bond acceptors (Lipinski definition) is 6. The van der Waals surface area contributed by atoms with E-state index in [0.717, 1.165) is 5.56 Å². The molecule has 0 bridgehead atoms. The first-order chi connectivity index (χ1) is 15.4. The molecule has 32 heavy (non-hydrogen) atoms. The van der Waals surface area contributed by atoms with Gasteiger partial charge in [-0.05, 0) is 49.2 Å². The van der Waals surface area contributed by atoms with Gasteiger partial charge in [-0.3, -0.25) is 9.59 Å². The molecule has 0 aliphatic carbocycles. The molecule has 0 radical (unpaired) electrons. The molecule has 2 amide bonds. The summed E-state index contributed by atoms with van der Waals surface area (Å²) in [5.74, 6) is 0.640. The lowest BCUT2D eigenvalue weighted by atomic mass is 10.0. The van der Waals surface area contributed by atoms with Crippen molar-refractivity contribution in [3.05, 3.63) is 59.5 Å². The van der Waals surface area contributed by atoms with Gasteiger partial charge in [-0.25, -0.2) is 4.98 Å². The van der Waals surface area contributed by atoms with Gasteiger partial charge in [-0.1, -0.05) is 26.0 Å². The van der Waals surface area contributed by atoms with Crippen LogP contribution in [0.2, 0.25) is 0 Å². The third-order valence-electron chi connectivity index (χ3n) is 4.78. The average Bonchev–Trinajstić information content (AvgIpc) is 3.25. The zero-order valence-electron chi connectivity index (χ0n) is 18.5. The Labute approximate surface area is 191 Å². The Bertz CT molecular complexity index is 1060. The second-order valence-corrected chi connectivity index (χ2v) is 8.24. The molecule has 0 spiro atoms. The van der Waals surface area contributed by atoms with Crippen molar-refractivity contribution < 1.29 is 19.1 Å². The molecule has 0 saturated heterocycles. The number of para-hydroxylation sites is 1. The predicted molar refractivity (Wildman–Crippen MR) is 126 cm³/mol. The molecule has 168 valence electrons. The van der Waals surface area contributed by atoms with Gasteiger partial charge in [-0.15, -0.1) is 11.3 Å². The molecular formula is C24H27N3O4S. The number of carbonyl (C=O) groups excluding carboxylic acids is 2. The monoisotopic (exact) mass is 453 g/mol. The molecule has 0 saturated carbocycles. The second kappa shape index (κ2) is 10.8. The molecule has 1 aromatic heterocycles. The van der Waals surface area contributed by atoms with E-state index in [4.69, 9.17) is 9.47 Å². The van der Waals surface area contributed by atoms with Crippen molar-refractivity contribution in [1.29, 1.82) is 0 Å². The first-order valence-electron chi connectivity index (χ1n) is 10.4. The van der Waals surface area contributed by atoms with Crippen LogP contribution in [0.1, 0.15) is 31.1 Å². The molecular weight excluding hydrogens is 426 g/mol. The van der Waals surface area contributed by atoms with Crippen LogP contribution in [0.5, 0.6) is 11.5 Å². The van der Waals surface area contributed by atoms with Crippen molar-refractivity contribution >= 4 is 28.3 Å². The van der Waals surface area contributed by atoms with Crippen LogP contribution in [-0.4, -0.2) is 36.6 Å². The number of benzene rings is 2. The van der Waals surface area contributed by atoms with E-state index >= 15 is 0 Å². The number of amides is 2. The second-order valence-electron chi connectivity index (χ2n) is 7.38. The van der Waals surface area contributed by atoms with E-state index in [1.54, 1.807) is 31.4 Å². The average molecular weight is 454 g/mol. The van der Waals surface area contributed by atoms with E-state index in [-0.39, 0.29) is 17.7 Å². The fourth-order valence-corrected chi connectivity index (χ4v) is 3.84. The van der Waals surface area contributed by atoms with Crippen LogP contribution in [0.4, 0.5) is 5.13 Å². The number of ether oxygens (including phenoxy) is 2. The van der Waals surface area contributed by atoms with E-state index in [0.29, 0.717) is 34.5 Å². The number of rotatable bonds is 9. The highest BCUT2D eigenvalue weighted by atomic mass is 32.1. The molecule has 1 unspecified atom stereocenters. The number of carbonyl (C=O) groups is 2. The summed E-state index contributed by atoms with van der Waals surface area (Å²) in [5, 5.41) is 7.97. The van der Waals surface area contributed by atoms with E-state index in [1.165, 1.54) is 11.3 Å². The summed E-state index contributed by atoms with van der Waals surface area (Å²) >= 11 is 1.32. The van der Waals surface area contributed by atoms with E-state index in [9.17, 15) is 9.59 Å². The summed E-state index contributed by atoms with van der Waals surface area (Å²) in [6, 6.07) is 13.7. The lowest BCUT2D eigenvalue weighted by molar-refractivity contribution is -0.118. The summed E-state index contributed by atoms with van der Waals surface area (Å²) in [4.78, 5) is 30.1. The van der Waals surface area contributed by atoms with Crippen LogP contribution < -0.4 is 20.1 Å². The van der Waals surface area contributed by atoms with Crippen LogP contribution in [0.25, 0.3) is 11.3 Å². The van der Waals surface area contributed by atoms with Crippen LogP contribution in [-0.2, 0) is 4.79 Å². The van der Waals surface area contributed by atoms with Crippen molar-refractivity contribution in [3.8, 4) is 22.8 Å². The first-order valence-corrected chi connectivity index (χ1v) is 11.2. The molecule has 7 nitrogen and oxygen atoms in total. The number of hydrogen-bond donors (Lipinski definition) is 2. The highest BCUT2D eigenvalue weighted by molar-refractivity contribution is 7.14. The van der Waals surface area contributed by atoms with E-state index < -0.39 is 6.04 Å². The largest absolute Gasteiger partial charge is 0.496 e. The molecule has 0 fully saturated rings. The Morgan fingerprint density at radius 3 is 2.47 bits per heavy atom. The van der Waals surface area contributed by atoms with Crippen LogP contribution in [0.15, 0.2) is 53.9 Å². The maximum Gasteiger partial charge on any atom is 0.251 e. The van der Waals surface area contributed by atoms with Gasteiger partial charge < -0.3 is 20.1 Å². The maximum absolute atomic E-state index is 12.9. The normalized spacial score (nSPS) is 11.7. The van der Waals surface area contributed by atoms with Gasteiger partial charge >= 0.3 is 0 Å². The van der Waals surface area contributed by atoms with Gasteiger partial charge in [0.15, 0.2) is 5.13 Å². The molecule has 1 heterocycles. The minimum atomic E-state index is -0.715. The molecule has 2 aromatic carbocycles. The number of anilines is 1. The Kier molecular flexibility index (Phi) is 7.83. The molecule has 2 N–H and O–H groups in total. The molecule has 0 aliphatic heterocycles. The molecule has 3 aromatic rings. The van der Waals surface area contributed by atoms with Crippen molar-refractivity contribution in [2.24, 2.45) is 5.92 Å². The Hall–Kier alpha value is -3.39. The van der Waals surface area contributed by atoms with Gasteiger partial charge in [0.1, 0.15) is 17.5 Å². The number of thiazole rings is 1. The summed E-state index contributed by atoms with van der Waals surface area (Å²) in [6.45, 7) is 6.21. The third-order valence-corrected chi connectivity index (χ3v) is 5.54. The van der Waals surface area contributed by atoms with Crippen LogP contribution in [0.3, 0.4) is 0 Å². The fourth-order valence-electron chi connectivity index (χ4n) is 3.12. The third kappa shape index (κ3) is 5.64. The number of nitrogens with one attached hydrogen (secondary N) is 2. The topological polar surface area (TPSA) is 89.5 Å². The first kappa shape index (κ1) is 23.3. The lowest BCUT2D eigenvalue weighted by Gasteiger charge is -2.21. The van der Waals surface area contributed by atoms with Gasteiger partial charge in [-0.2, -0.15) is 0 Å². The molecule has 3 rings (SSSR count). The van der Waals surface area contributed by atoms with Crippen LogP contribution in [0, 0.1) is 5.92 Å². The number of methoxy groups -OCH3 is 1. The zero-order valence-corrected chi connectivity index (χ0v) is 19.4. The summed E-state index contributed by atoms with van der Waals surface area (Å²) in [5.41, 5.74) is 2.01. The SMILES string of the molecule is CCOc1ccc(C(=O)NC(C(=O)Nc2nc(-c3ccccc3OC)cs2)C(C)C)cc1. The zero-order chi connectivity index (χ0) is 23.1. The minimum Gasteiger partial charge on any atom is -0.496 e.